The molecule has 2 aromatic carbocycles. The number of halogens is 1. The molecule has 2 aromatic rings. The van der Waals surface area contributed by atoms with Crippen LogP contribution in [0.4, 0.5) is 11.4 Å². The average Bonchev–Trinajstić information content (AvgIpc) is 2.46. The molecule has 0 atom stereocenters. The largest absolute Gasteiger partial charge is 0.392 e. The zero-order chi connectivity index (χ0) is 14.1. The number of hydrogen-bond donors (Lipinski definition) is 1. The molecule has 0 spiro atoms. The molecule has 0 saturated heterocycles. The van der Waals surface area contributed by atoms with Crippen LogP contribution in [0.2, 0.25) is 0 Å². The van der Waals surface area contributed by atoms with Crippen molar-refractivity contribution in [1.29, 1.82) is 0 Å². The number of aliphatic hydroxyl groups excluding tert-OH is 1. The molecule has 0 saturated carbocycles. The fraction of sp³-hybridized carbons (Fsp3) is 0.294. The number of aryl methyl sites for hydroxylation is 2. The smallest absolute Gasteiger partial charge is 0.0702 e. The highest BCUT2D eigenvalue weighted by Crippen LogP contribution is 2.36. The van der Waals surface area contributed by atoms with Crippen molar-refractivity contribution in [3.05, 3.63) is 57.6 Å². The van der Waals surface area contributed by atoms with E-state index in [2.05, 4.69) is 52.0 Å². The summed E-state index contributed by atoms with van der Waals surface area (Å²) in [4.78, 5) is 2.33. The molecule has 0 radical (unpaired) electrons. The van der Waals surface area contributed by atoms with Gasteiger partial charge in [-0.15, -0.1) is 0 Å². The van der Waals surface area contributed by atoms with Crippen molar-refractivity contribution in [3.8, 4) is 0 Å². The van der Waals surface area contributed by atoms with Crippen LogP contribution >= 0.6 is 15.9 Å². The second kappa shape index (κ2) is 5.58. The van der Waals surface area contributed by atoms with Crippen LogP contribution < -0.4 is 4.90 Å². The van der Waals surface area contributed by atoms with Crippen molar-refractivity contribution in [3.63, 3.8) is 0 Å². The Kier molecular flexibility index (Phi) is 3.81. The van der Waals surface area contributed by atoms with E-state index in [0.717, 1.165) is 35.1 Å². The van der Waals surface area contributed by atoms with Gasteiger partial charge in [0, 0.05) is 28.0 Å². The van der Waals surface area contributed by atoms with E-state index < -0.39 is 0 Å². The first-order valence-electron chi connectivity index (χ1n) is 6.95. The average molecular weight is 332 g/mol. The maximum absolute atomic E-state index is 9.62. The Hall–Kier alpha value is -1.32. The van der Waals surface area contributed by atoms with Crippen LogP contribution in [-0.2, 0) is 13.0 Å². The van der Waals surface area contributed by atoms with Crippen LogP contribution in [-0.4, -0.2) is 11.7 Å². The third-order valence-corrected chi connectivity index (χ3v) is 4.35. The van der Waals surface area contributed by atoms with Crippen molar-refractivity contribution in [2.45, 2.75) is 26.4 Å². The minimum Gasteiger partial charge on any atom is -0.392 e. The minimum absolute atomic E-state index is 0.0620. The molecule has 1 aliphatic rings. The van der Waals surface area contributed by atoms with E-state index in [-0.39, 0.29) is 6.61 Å². The highest BCUT2D eigenvalue weighted by molar-refractivity contribution is 9.10. The van der Waals surface area contributed by atoms with Gasteiger partial charge in [-0.2, -0.15) is 0 Å². The van der Waals surface area contributed by atoms with Gasteiger partial charge in [0.1, 0.15) is 0 Å². The number of fused-ring (bicyclic) bond motifs is 1. The molecule has 20 heavy (non-hydrogen) atoms. The monoisotopic (exact) mass is 331 g/mol. The second-order valence-electron chi connectivity index (χ2n) is 5.32. The van der Waals surface area contributed by atoms with Crippen LogP contribution in [0.3, 0.4) is 0 Å². The Morgan fingerprint density at radius 3 is 2.75 bits per heavy atom. The first kappa shape index (κ1) is 13.7. The summed E-state index contributed by atoms with van der Waals surface area (Å²) in [6, 6.07) is 12.8. The lowest BCUT2D eigenvalue weighted by molar-refractivity contribution is 0.282. The Bertz CT molecular complexity index is 639. The lowest BCUT2D eigenvalue weighted by Gasteiger charge is -2.33. The SMILES string of the molecule is Cc1ccc2c(c1)CCCN2c1ccc(Br)cc1CO. The van der Waals surface area contributed by atoms with Gasteiger partial charge >= 0.3 is 0 Å². The molecule has 0 aliphatic carbocycles. The maximum Gasteiger partial charge on any atom is 0.0702 e. The Morgan fingerprint density at radius 2 is 1.95 bits per heavy atom. The van der Waals surface area contributed by atoms with Gasteiger partial charge in [-0.1, -0.05) is 33.6 Å². The molecule has 104 valence electrons. The summed E-state index contributed by atoms with van der Waals surface area (Å²) in [6.45, 7) is 3.20. The first-order valence-corrected chi connectivity index (χ1v) is 7.74. The van der Waals surface area contributed by atoms with Gasteiger partial charge in [-0.05, 0) is 49.6 Å². The summed E-state index contributed by atoms with van der Waals surface area (Å²) in [7, 11) is 0. The topological polar surface area (TPSA) is 23.5 Å². The summed E-state index contributed by atoms with van der Waals surface area (Å²) < 4.78 is 1.01. The summed E-state index contributed by atoms with van der Waals surface area (Å²) in [5.74, 6) is 0. The van der Waals surface area contributed by atoms with E-state index in [1.165, 1.54) is 16.8 Å². The van der Waals surface area contributed by atoms with Gasteiger partial charge in [0.25, 0.3) is 0 Å². The second-order valence-corrected chi connectivity index (χ2v) is 6.23. The molecular formula is C17H18BrNO. The van der Waals surface area contributed by atoms with Crippen molar-refractivity contribution in [2.24, 2.45) is 0 Å². The summed E-state index contributed by atoms with van der Waals surface area (Å²) in [6.07, 6.45) is 2.29. The van der Waals surface area contributed by atoms with Crippen LogP contribution in [0, 0.1) is 6.92 Å². The van der Waals surface area contributed by atoms with Crippen molar-refractivity contribution >= 4 is 27.3 Å². The van der Waals surface area contributed by atoms with E-state index >= 15 is 0 Å². The quantitative estimate of drug-likeness (QED) is 0.885. The van der Waals surface area contributed by atoms with Crippen molar-refractivity contribution < 1.29 is 5.11 Å². The number of nitrogens with zero attached hydrogens (tertiary/aromatic N) is 1. The van der Waals surface area contributed by atoms with E-state index in [1.54, 1.807) is 0 Å². The molecule has 0 unspecified atom stereocenters. The third kappa shape index (κ3) is 2.48. The fourth-order valence-corrected chi connectivity index (χ4v) is 3.33. The molecule has 1 aliphatic heterocycles. The van der Waals surface area contributed by atoms with Gasteiger partial charge in [0.15, 0.2) is 0 Å². The summed E-state index contributed by atoms with van der Waals surface area (Å²) >= 11 is 3.47. The maximum atomic E-state index is 9.62. The molecule has 1 heterocycles. The molecule has 1 N–H and O–H groups in total. The molecule has 0 bridgehead atoms. The first-order chi connectivity index (χ1) is 9.69. The van der Waals surface area contributed by atoms with Gasteiger partial charge in [-0.3, -0.25) is 0 Å². The van der Waals surface area contributed by atoms with Gasteiger partial charge in [0.05, 0.1) is 6.61 Å². The molecule has 0 amide bonds. The van der Waals surface area contributed by atoms with Gasteiger partial charge in [-0.25, -0.2) is 0 Å². The highest BCUT2D eigenvalue weighted by atomic mass is 79.9. The Morgan fingerprint density at radius 1 is 1.15 bits per heavy atom. The van der Waals surface area contributed by atoms with Crippen LogP contribution in [0.15, 0.2) is 40.9 Å². The van der Waals surface area contributed by atoms with E-state index in [1.807, 2.05) is 12.1 Å². The fourth-order valence-electron chi connectivity index (χ4n) is 2.92. The van der Waals surface area contributed by atoms with Gasteiger partial charge < -0.3 is 10.0 Å². The molecule has 2 nitrogen and oxygen atoms in total. The molecule has 3 rings (SSSR count). The summed E-state index contributed by atoms with van der Waals surface area (Å²) in [5, 5.41) is 9.62. The Labute approximate surface area is 128 Å². The highest BCUT2D eigenvalue weighted by Gasteiger charge is 2.20. The normalized spacial score (nSPS) is 14.2. The lowest BCUT2D eigenvalue weighted by Crippen LogP contribution is -2.25. The van der Waals surface area contributed by atoms with Crippen molar-refractivity contribution in [2.75, 3.05) is 11.4 Å². The van der Waals surface area contributed by atoms with E-state index in [4.69, 9.17) is 0 Å². The van der Waals surface area contributed by atoms with Crippen LogP contribution in [0.1, 0.15) is 23.1 Å². The van der Waals surface area contributed by atoms with Gasteiger partial charge in [0.2, 0.25) is 0 Å². The summed E-state index contributed by atoms with van der Waals surface area (Å²) in [5.41, 5.74) is 6.07. The molecular weight excluding hydrogens is 314 g/mol. The molecule has 0 fully saturated rings. The zero-order valence-corrected chi connectivity index (χ0v) is 13.2. The third-order valence-electron chi connectivity index (χ3n) is 3.86. The lowest BCUT2D eigenvalue weighted by atomic mass is 9.98. The van der Waals surface area contributed by atoms with E-state index in [9.17, 15) is 5.11 Å². The molecule has 0 aromatic heterocycles. The number of aliphatic hydroxyl groups is 1. The van der Waals surface area contributed by atoms with E-state index in [0.29, 0.717) is 0 Å². The Balaban J connectivity index is 2.09. The van der Waals surface area contributed by atoms with Crippen molar-refractivity contribution in [1.82, 2.24) is 0 Å². The van der Waals surface area contributed by atoms with Crippen LogP contribution in [0.25, 0.3) is 0 Å². The predicted octanol–water partition coefficient (Wildman–Crippen LogP) is 4.33. The number of hydrogen-bond acceptors (Lipinski definition) is 2. The number of rotatable bonds is 2. The molecule has 3 heteroatoms. The predicted molar refractivity (Wildman–Crippen MR) is 86.6 cm³/mol. The van der Waals surface area contributed by atoms with Crippen LogP contribution in [0.5, 0.6) is 0 Å². The zero-order valence-electron chi connectivity index (χ0n) is 11.6. The number of benzene rings is 2. The standard InChI is InChI=1S/C17H18BrNO/c1-12-4-6-16-13(9-12)3-2-8-19(16)17-7-5-15(18)10-14(17)11-20/h4-7,9-10,20H,2-3,8,11H2,1H3. The number of anilines is 2. The minimum atomic E-state index is 0.0620.